The first-order chi connectivity index (χ1) is 23.3. The summed E-state index contributed by atoms with van der Waals surface area (Å²) in [6.45, 7) is 8.83. The van der Waals surface area contributed by atoms with Gasteiger partial charge in [0.2, 0.25) is 10.0 Å². The van der Waals surface area contributed by atoms with Crippen LogP contribution < -0.4 is 4.72 Å². The van der Waals surface area contributed by atoms with Gasteiger partial charge in [-0.15, -0.1) is 5.10 Å². The molecule has 0 aliphatic carbocycles. The van der Waals surface area contributed by atoms with E-state index in [-0.39, 0.29) is 11.2 Å². The second-order valence-electron chi connectivity index (χ2n) is 14.0. The molecule has 0 aliphatic rings. The lowest BCUT2D eigenvalue weighted by Crippen LogP contribution is -2.24. The van der Waals surface area contributed by atoms with Crippen LogP contribution in [0.5, 0.6) is 0 Å². The number of fused-ring (bicyclic) bond motifs is 1. The zero-order valence-electron chi connectivity index (χ0n) is 30.7. The van der Waals surface area contributed by atoms with Crippen molar-refractivity contribution in [2.45, 2.75) is 181 Å². The predicted molar refractivity (Wildman–Crippen MR) is 206 cm³/mol. The van der Waals surface area contributed by atoms with Gasteiger partial charge in [-0.2, -0.15) is 4.63 Å². The lowest BCUT2D eigenvalue weighted by Gasteiger charge is -2.29. The normalized spacial score (nSPS) is 12.4. The van der Waals surface area contributed by atoms with Crippen LogP contribution in [-0.2, 0) is 15.4 Å². The van der Waals surface area contributed by atoms with Crippen molar-refractivity contribution in [3.8, 4) is 11.4 Å². The number of aromatic nitrogens is 4. The van der Waals surface area contributed by atoms with Crippen molar-refractivity contribution in [1.29, 1.82) is 0 Å². The molecule has 0 saturated heterocycles. The third kappa shape index (κ3) is 13.0. The van der Waals surface area contributed by atoms with E-state index in [2.05, 4.69) is 42.6 Å². The number of nitrogens with one attached hydrogen (secondary N) is 2. The summed E-state index contributed by atoms with van der Waals surface area (Å²) in [5.41, 5.74) is 2.78. The minimum atomic E-state index is -3.43. The van der Waals surface area contributed by atoms with Crippen LogP contribution in [-0.4, -0.2) is 34.0 Å². The van der Waals surface area contributed by atoms with Crippen molar-refractivity contribution in [3.63, 3.8) is 0 Å². The van der Waals surface area contributed by atoms with E-state index in [1.54, 1.807) is 16.8 Å². The summed E-state index contributed by atoms with van der Waals surface area (Å²) in [5.74, 6) is 0.633. The van der Waals surface area contributed by atoms with Gasteiger partial charge in [-0.25, -0.2) is 13.4 Å². The van der Waals surface area contributed by atoms with Gasteiger partial charge in [0.05, 0.1) is 11.4 Å². The highest BCUT2D eigenvalue weighted by Gasteiger charge is 2.32. The molecular formula is C39H66ClN5O2S. The zero-order chi connectivity index (χ0) is 34.7. The van der Waals surface area contributed by atoms with Crippen molar-refractivity contribution >= 4 is 33.0 Å². The Balaban J connectivity index is 1.27. The van der Waals surface area contributed by atoms with Gasteiger partial charge in [0.15, 0.2) is 11.5 Å². The zero-order valence-corrected chi connectivity index (χ0v) is 32.3. The number of halogens is 1. The number of unbranched alkanes of at least 4 members (excludes halogenated alkanes) is 19. The first-order valence-electron chi connectivity index (χ1n) is 19.5. The first-order valence-corrected chi connectivity index (χ1v) is 21.6. The third-order valence-corrected chi connectivity index (χ3v) is 12.2. The predicted octanol–water partition coefficient (Wildman–Crippen LogP) is 12.4. The molecule has 48 heavy (non-hydrogen) atoms. The van der Waals surface area contributed by atoms with Gasteiger partial charge >= 0.3 is 0 Å². The highest BCUT2D eigenvalue weighted by molar-refractivity contribution is 7.92. The molecule has 0 radical (unpaired) electrons. The molecule has 0 amide bonds. The Morgan fingerprint density at radius 1 is 0.729 bits per heavy atom. The van der Waals surface area contributed by atoms with Crippen LogP contribution in [0.3, 0.4) is 0 Å². The second kappa shape index (κ2) is 21.9. The van der Waals surface area contributed by atoms with Crippen LogP contribution in [0.1, 0.15) is 181 Å². The van der Waals surface area contributed by atoms with Gasteiger partial charge in [-0.05, 0) is 37.8 Å². The van der Waals surface area contributed by atoms with E-state index < -0.39 is 10.0 Å². The minimum Gasteiger partial charge on any atom is -0.284 e. The third-order valence-electron chi connectivity index (χ3n) is 10.5. The van der Waals surface area contributed by atoms with Crippen molar-refractivity contribution < 1.29 is 8.42 Å². The van der Waals surface area contributed by atoms with Gasteiger partial charge < -0.3 is 0 Å². The number of rotatable bonds is 28. The molecule has 3 aromatic rings. The number of sulfonamides is 1. The lowest BCUT2D eigenvalue weighted by molar-refractivity contribution is 0.368. The Bertz CT molecular complexity index is 1400. The number of hydrogen-bond donors (Lipinski definition) is 2. The van der Waals surface area contributed by atoms with E-state index in [0.29, 0.717) is 28.6 Å². The molecule has 3 rings (SSSR count). The molecule has 9 heteroatoms. The molecular weight excluding hydrogens is 638 g/mol. The summed E-state index contributed by atoms with van der Waals surface area (Å²) < 4.78 is 30.1. The maximum atomic E-state index is 12.8. The summed E-state index contributed by atoms with van der Waals surface area (Å²) in [6.07, 6.45) is 29.0. The Kier molecular flexibility index (Phi) is 18.4. The molecule has 272 valence electrons. The Morgan fingerprint density at radius 3 is 1.67 bits per heavy atom. The van der Waals surface area contributed by atoms with Crippen LogP contribution in [0.2, 0.25) is 5.02 Å². The standard InChI is InChI=1S/C39H66ClN5O2S/c1-5-9-10-11-12-13-14-15-16-17-18-19-20-21-22-23-24-25-26-27-31-48(46,47)44-34-30-28-29-33(32-34)37-41-38-35(40)36(42-45(38)43-37)39(6-2,7-3)8-4/h28-30,32,42,44H,5-27,31H2,1-4H3. The Hall–Kier alpha value is -2.06. The highest BCUT2D eigenvalue weighted by Crippen LogP contribution is 2.39. The maximum absolute atomic E-state index is 12.8. The van der Waals surface area contributed by atoms with Gasteiger partial charge in [-0.3, -0.25) is 9.82 Å². The SMILES string of the molecule is CCCCCCCCCCCCCCCCCCCCCCS(=O)(=O)Nc1cccc(-c2nc3c(Cl)c(C(CC)(CC)CC)[nH]n3n2)c1. The topological polar surface area (TPSA) is 92.1 Å². The molecule has 1 aromatic carbocycles. The van der Waals surface area contributed by atoms with E-state index >= 15 is 0 Å². The molecule has 0 bridgehead atoms. The molecule has 0 aliphatic heterocycles. The molecule has 0 atom stereocenters. The molecule has 0 unspecified atom stereocenters. The first kappa shape index (κ1) is 40.4. The van der Waals surface area contributed by atoms with Crippen LogP contribution in [0.15, 0.2) is 24.3 Å². The van der Waals surface area contributed by atoms with E-state index in [1.165, 1.54) is 109 Å². The van der Waals surface area contributed by atoms with Crippen LogP contribution in [0, 0.1) is 0 Å². The minimum absolute atomic E-state index is 0.0383. The van der Waals surface area contributed by atoms with Gasteiger partial charge in [0, 0.05) is 16.7 Å². The number of anilines is 1. The highest BCUT2D eigenvalue weighted by atomic mass is 35.5. The number of benzene rings is 1. The number of aromatic amines is 1. The molecule has 2 heterocycles. The largest absolute Gasteiger partial charge is 0.284 e. The lowest BCUT2D eigenvalue weighted by atomic mass is 9.77. The van der Waals surface area contributed by atoms with Crippen molar-refractivity contribution in [3.05, 3.63) is 35.0 Å². The smallest absolute Gasteiger partial charge is 0.232 e. The molecule has 2 N–H and O–H groups in total. The summed E-state index contributed by atoms with van der Waals surface area (Å²) in [6, 6.07) is 7.26. The van der Waals surface area contributed by atoms with Gasteiger partial charge in [0.25, 0.3) is 0 Å². The van der Waals surface area contributed by atoms with E-state index in [1.807, 2.05) is 12.1 Å². The Morgan fingerprint density at radius 2 is 1.21 bits per heavy atom. The summed E-state index contributed by atoms with van der Waals surface area (Å²) in [5, 5.41) is 8.61. The van der Waals surface area contributed by atoms with Crippen molar-refractivity contribution in [2.24, 2.45) is 0 Å². The van der Waals surface area contributed by atoms with E-state index in [4.69, 9.17) is 16.6 Å². The average molecular weight is 705 g/mol. The summed E-state index contributed by atoms with van der Waals surface area (Å²) >= 11 is 6.80. The Labute approximate surface area is 297 Å². The van der Waals surface area contributed by atoms with E-state index in [9.17, 15) is 8.42 Å². The summed E-state index contributed by atoms with van der Waals surface area (Å²) in [4.78, 5) is 4.70. The number of H-pyrrole nitrogens is 1. The number of hydrogen-bond acceptors (Lipinski definition) is 4. The number of nitrogens with zero attached hydrogens (tertiary/aromatic N) is 3. The monoisotopic (exact) mass is 703 g/mol. The fraction of sp³-hybridized carbons (Fsp3) is 0.744. The molecule has 7 nitrogen and oxygen atoms in total. The molecule has 0 fully saturated rings. The molecule has 0 spiro atoms. The second-order valence-corrected chi connectivity index (χ2v) is 16.3. The fourth-order valence-corrected chi connectivity index (χ4v) is 8.59. The van der Waals surface area contributed by atoms with Crippen LogP contribution in [0.25, 0.3) is 17.0 Å². The van der Waals surface area contributed by atoms with E-state index in [0.717, 1.165) is 43.4 Å². The van der Waals surface area contributed by atoms with Crippen molar-refractivity contribution in [1.82, 2.24) is 19.8 Å². The van der Waals surface area contributed by atoms with Crippen molar-refractivity contribution in [2.75, 3.05) is 10.5 Å². The van der Waals surface area contributed by atoms with Gasteiger partial charge in [-0.1, -0.05) is 173 Å². The quantitative estimate of drug-likeness (QED) is 0.0736. The van der Waals surface area contributed by atoms with Gasteiger partial charge in [0.1, 0.15) is 5.02 Å². The fourth-order valence-electron chi connectivity index (χ4n) is 7.05. The summed E-state index contributed by atoms with van der Waals surface area (Å²) in [7, 11) is -3.43. The van der Waals surface area contributed by atoms with Crippen LogP contribution in [0.4, 0.5) is 5.69 Å². The molecule has 2 aromatic heterocycles. The molecule has 0 saturated carbocycles. The maximum Gasteiger partial charge on any atom is 0.232 e. The van der Waals surface area contributed by atoms with Crippen LogP contribution >= 0.6 is 11.6 Å². The average Bonchev–Trinajstić information content (AvgIpc) is 3.64.